The number of nitrogens with zero attached hydrogens (tertiary/aromatic N) is 2. The average Bonchev–Trinajstić information content (AvgIpc) is 3.05. The van der Waals surface area contributed by atoms with E-state index in [4.69, 9.17) is 9.26 Å². The van der Waals surface area contributed by atoms with Crippen LogP contribution >= 0.6 is 15.9 Å². The van der Waals surface area contributed by atoms with Gasteiger partial charge >= 0.3 is 5.97 Å². The fourth-order valence-corrected chi connectivity index (χ4v) is 2.29. The lowest BCUT2D eigenvalue weighted by atomic mass is 10.2. The summed E-state index contributed by atoms with van der Waals surface area (Å²) in [5, 5.41) is 3.82. The lowest BCUT2D eigenvalue weighted by Gasteiger charge is -2.04. The molecule has 1 heterocycles. The molecule has 3 rings (SSSR count). The number of hydrogen-bond donors (Lipinski definition) is 0. The summed E-state index contributed by atoms with van der Waals surface area (Å²) in [6.45, 7) is -0.193. The Labute approximate surface area is 139 Å². The minimum absolute atomic E-state index is 0.0906. The Morgan fingerprint density at radius 1 is 1.22 bits per heavy atom. The van der Waals surface area contributed by atoms with Crippen molar-refractivity contribution < 1.29 is 18.4 Å². The third kappa shape index (κ3) is 3.62. The van der Waals surface area contributed by atoms with Crippen LogP contribution in [0.15, 0.2) is 57.5 Å². The highest BCUT2D eigenvalue weighted by molar-refractivity contribution is 9.10. The Hall–Kier alpha value is -2.54. The normalized spacial score (nSPS) is 10.5. The molecule has 0 aliphatic heterocycles. The maximum atomic E-state index is 13.2. The number of carbonyl (C=O) groups excluding carboxylic acids is 1. The number of benzene rings is 2. The molecule has 0 unspecified atom stereocenters. The van der Waals surface area contributed by atoms with E-state index in [2.05, 4.69) is 26.1 Å². The van der Waals surface area contributed by atoms with E-state index in [9.17, 15) is 9.18 Å². The monoisotopic (exact) mass is 376 g/mol. The lowest BCUT2D eigenvalue weighted by molar-refractivity contribution is 0.0428. The van der Waals surface area contributed by atoms with E-state index in [0.717, 1.165) is 11.6 Å². The molecule has 0 N–H and O–H groups in total. The van der Waals surface area contributed by atoms with Gasteiger partial charge in [0.2, 0.25) is 5.82 Å². The molecule has 0 bridgehead atoms. The number of carbonyl (C=O) groups is 1. The largest absolute Gasteiger partial charge is 0.452 e. The van der Waals surface area contributed by atoms with Gasteiger partial charge in [0, 0.05) is 10.0 Å². The summed E-state index contributed by atoms with van der Waals surface area (Å²) in [6, 6.07) is 13.0. The zero-order valence-corrected chi connectivity index (χ0v) is 13.3. The van der Waals surface area contributed by atoms with E-state index in [-0.39, 0.29) is 18.1 Å². The van der Waals surface area contributed by atoms with Gasteiger partial charge < -0.3 is 9.26 Å². The van der Waals surface area contributed by atoms with Crippen LogP contribution in [0.25, 0.3) is 11.4 Å². The zero-order chi connectivity index (χ0) is 16.2. The van der Waals surface area contributed by atoms with Gasteiger partial charge in [0.25, 0.3) is 5.89 Å². The number of hydrogen-bond acceptors (Lipinski definition) is 5. The third-order valence-electron chi connectivity index (χ3n) is 2.98. The van der Waals surface area contributed by atoms with Crippen molar-refractivity contribution in [2.45, 2.75) is 6.61 Å². The van der Waals surface area contributed by atoms with Crippen molar-refractivity contribution in [2.75, 3.05) is 0 Å². The summed E-state index contributed by atoms with van der Waals surface area (Å²) < 4.78 is 23.7. The first-order valence-electron chi connectivity index (χ1n) is 6.63. The number of aromatic nitrogens is 2. The second-order valence-corrected chi connectivity index (χ2v) is 5.43. The second-order valence-electron chi connectivity index (χ2n) is 4.58. The zero-order valence-electron chi connectivity index (χ0n) is 11.7. The van der Waals surface area contributed by atoms with Crippen LogP contribution in [0.4, 0.5) is 4.39 Å². The van der Waals surface area contributed by atoms with Crippen molar-refractivity contribution in [1.82, 2.24) is 10.1 Å². The van der Waals surface area contributed by atoms with Crippen molar-refractivity contribution in [3.8, 4) is 11.4 Å². The fraction of sp³-hybridized carbons (Fsp3) is 0.0625. The maximum Gasteiger partial charge on any atom is 0.339 e. The molecule has 23 heavy (non-hydrogen) atoms. The molecule has 0 fully saturated rings. The van der Waals surface area contributed by atoms with E-state index >= 15 is 0 Å². The molecule has 0 atom stereocenters. The molecule has 0 spiro atoms. The first-order chi connectivity index (χ1) is 11.1. The summed E-state index contributed by atoms with van der Waals surface area (Å²) in [5.41, 5.74) is 0.884. The van der Waals surface area contributed by atoms with Crippen LogP contribution in [-0.4, -0.2) is 16.1 Å². The third-order valence-corrected chi connectivity index (χ3v) is 3.67. The number of esters is 1. The van der Waals surface area contributed by atoms with Crippen molar-refractivity contribution >= 4 is 21.9 Å². The molecule has 0 radical (unpaired) electrons. The quantitative estimate of drug-likeness (QED) is 0.644. The predicted octanol–water partition coefficient (Wildman–Crippen LogP) is 4.00. The van der Waals surface area contributed by atoms with Crippen molar-refractivity contribution in [1.29, 1.82) is 0 Å². The molecular formula is C16H10BrFN2O3. The standard InChI is InChI=1S/C16H10BrFN2O3/c17-13-7-6-11(18)8-12(13)16(21)22-9-14-19-15(20-23-14)10-4-2-1-3-5-10/h1-8H,9H2. The minimum Gasteiger partial charge on any atom is -0.452 e. The topological polar surface area (TPSA) is 65.2 Å². The Bertz CT molecular complexity index is 836. The molecule has 0 saturated heterocycles. The maximum absolute atomic E-state index is 13.2. The van der Waals surface area contributed by atoms with Gasteiger partial charge in [0.15, 0.2) is 6.61 Å². The van der Waals surface area contributed by atoms with Gasteiger partial charge in [-0.2, -0.15) is 4.98 Å². The molecule has 1 aromatic heterocycles. The molecule has 3 aromatic rings. The van der Waals surface area contributed by atoms with Crippen LogP contribution in [0.1, 0.15) is 16.2 Å². The van der Waals surface area contributed by atoms with Crippen molar-refractivity contribution in [3.63, 3.8) is 0 Å². The second kappa shape index (κ2) is 6.70. The number of ether oxygens (including phenoxy) is 1. The van der Waals surface area contributed by atoms with Crippen molar-refractivity contribution in [3.05, 3.63) is 70.3 Å². The van der Waals surface area contributed by atoms with Crippen LogP contribution in [0.5, 0.6) is 0 Å². The SMILES string of the molecule is O=C(OCc1nc(-c2ccccc2)no1)c1cc(F)ccc1Br. The Morgan fingerprint density at radius 2 is 2.00 bits per heavy atom. The van der Waals surface area contributed by atoms with Crippen LogP contribution < -0.4 is 0 Å². The fourth-order valence-electron chi connectivity index (χ4n) is 1.88. The first kappa shape index (κ1) is 15.4. The van der Waals surface area contributed by atoms with Crippen LogP contribution in [0, 0.1) is 5.82 Å². The van der Waals surface area contributed by atoms with Crippen molar-refractivity contribution in [2.24, 2.45) is 0 Å². The highest BCUT2D eigenvalue weighted by Crippen LogP contribution is 2.20. The summed E-state index contributed by atoms with van der Waals surface area (Å²) in [7, 11) is 0. The summed E-state index contributed by atoms with van der Waals surface area (Å²) in [4.78, 5) is 16.1. The van der Waals surface area contributed by atoms with E-state index in [1.54, 1.807) is 0 Å². The smallest absolute Gasteiger partial charge is 0.339 e. The van der Waals surface area contributed by atoms with Crippen LogP contribution in [0.2, 0.25) is 0 Å². The number of halogens is 2. The first-order valence-corrected chi connectivity index (χ1v) is 7.43. The molecule has 0 aliphatic carbocycles. The summed E-state index contributed by atoms with van der Waals surface area (Å²) in [5.74, 6) is -0.645. The van der Waals surface area contributed by atoms with Gasteiger partial charge in [-0.25, -0.2) is 9.18 Å². The molecule has 7 heteroatoms. The molecule has 116 valence electrons. The molecule has 5 nitrogen and oxygen atoms in total. The van der Waals surface area contributed by atoms with Crippen LogP contribution in [0.3, 0.4) is 0 Å². The van der Waals surface area contributed by atoms with E-state index < -0.39 is 11.8 Å². The van der Waals surface area contributed by atoms with Gasteiger partial charge in [-0.05, 0) is 34.1 Å². The lowest BCUT2D eigenvalue weighted by Crippen LogP contribution is -2.06. The molecule has 0 amide bonds. The predicted molar refractivity (Wildman–Crippen MR) is 83.0 cm³/mol. The molecular weight excluding hydrogens is 367 g/mol. The van der Waals surface area contributed by atoms with Gasteiger partial charge in [0.05, 0.1) is 5.56 Å². The van der Waals surface area contributed by atoms with Gasteiger partial charge in [0.1, 0.15) is 5.82 Å². The van der Waals surface area contributed by atoms with Gasteiger partial charge in [-0.15, -0.1) is 0 Å². The molecule has 2 aromatic carbocycles. The highest BCUT2D eigenvalue weighted by atomic mass is 79.9. The van der Waals surface area contributed by atoms with Crippen LogP contribution in [-0.2, 0) is 11.3 Å². The summed E-state index contributed by atoms with van der Waals surface area (Å²) in [6.07, 6.45) is 0. The van der Waals surface area contributed by atoms with Gasteiger partial charge in [-0.1, -0.05) is 35.5 Å². The Morgan fingerprint density at radius 3 is 2.78 bits per heavy atom. The Balaban J connectivity index is 1.68. The van der Waals surface area contributed by atoms with E-state index in [0.29, 0.717) is 10.3 Å². The van der Waals surface area contributed by atoms with Gasteiger partial charge in [-0.3, -0.25) is 0 Å². The number of rotatable bonds is 4. The van der Waals surface area contributed by atoms with E-state index in [1.165, 1.54) is 12.1 Å². The van der Waals surface area contributed by atoms with E-state index in [1.807, 2.05) is 30.3 Å². The Kier molecular flexibility index (Phi) is 4.47. The molecule has 0 saturated carbocycles. The highest BCUT2D eigenvalue weighted by Gasteiger charge is 2.15. The minimum atomic E-state index is -0.684. The average molecular weight is 377 g/mol. The molecule has 0 aliphatic rings. The summed E-state index contributed by atoms with van der Waals surface area (Å²) >= 11 is 3.17.